The highest BCUT2D eigenvalue weighted by atomic mass is 79.9. The lowest BCUT2D eigenvalue weighted by atomic mass is 10.1. The van der Waals surface area contributed by atoms with Crippen molar-refractivity contribution in [2.75, 3.05) is 19.6 Å². The number of carbonyl (C=O) groups is 1. The van der Waals surface area contributed by atoms with E-state index in [0.29, 0.717) is 12.3 Å². The van der Waals surface area contributed by atoms with Crippen LogP contribution in [0.1, 0.15) is 13.3 Å². The minimum atomic E-state index is -0.508. The van der Waals surface area contributed by atoms with Gasteiger partial charge in [-0.2, -0.15) is 0 Å². The number of ether oxygens (including phenoxy) is 1. The van der Waals surface area contributed by atoms with Crippen LogP contribution in [0.25, 0.3) is 0 Å². The van der Waals surface area contributed by atoms with Gasteiger partial charge in [-0.25, -0.2) is 0 Å². The molecule has 0 fully saturated rings. The van der Waals surface area contributed by atoms with Gasteiger partial charge in [-0.15, -0.1) is 0 Å². The highest BCUT2D eigenvalue weighted by Gasteiger charge is 2.15. The highest BCUT2D eigenvalue weighted by molar-refractivity contribution is 9.10. The molecule has 1 atom stereocenters. The van der Waals surface area contributed by atoms with Crippen LogP contribution in [0.3, 0.4) is 0 Å². The summed E-state index contributed by atoms with van der Waals surface area (Å²) in [6.07, 6.45) is 2.61. The quantitative estimate of drug-likeness (QED) is 0.809. The summed E-state index contributed by atoms with van der Waals surface area (Å²) in [7, 11) is 0. The van der Waals surface area contributed by atoms with Crippen molar-refractivity contribution in [3.63, 3.8) is 0 Å². The van der Waals surface area contributed by atoms with Gasteiger partial charge in [0.25, 0.3) is 5.91 Å². The average molecular weight is 339 g/mol. The molecule has 1 aromatic rings. The molecule has 0 saturated heterocycles. The predicted molar refractivity (Wildman–Crippen MR) is 82.8 cm³/mol. The van der Waals surface area contributed by atoms with Crippen molar-refractivity contribution in [2.24, 2.45) is 0 Å². The standard InChI is InChI=1S/C15H19BrN2O2/c1-11(20-14-4-2-3-13(16)9-14)15(19)18-10-12-5-7-17-8-6-12/h2-5,9,11,17H,6-8,10H2,1H3,(H,18,19). The Kier molecular flexibility index (Phi) is 5.61. The molecule has 2 rings (SSSR count). The molecule has 5 heteroatoms. The van der Waals surface area contributed by atoms with Gasteiger partial charge in [-0.05, 0) is 38.1 Å². The maximum atomic E-state index is 12.0. The van der Waals surface area contributed by atoms with Crippen LogP contribution in [-0.2, 0) is 4.79 Å². The summed E-state index contributed by atoms with van der Waals surface area (Å²) in [5.74, 6) is 0.590. The van der Waals surface area contributed by atoms with E-state index < -0.39 is 6.10 Å². The molecule has 1 unspecified atom stereocenters. The van der Waals surface area contributed by atoms with E-state index >= 15 is 0 Å². The number of nitrogens with one attached hydrogen (secondary N) is 2. The van der Waals surface area contributed by atoms with E-state index in [1.54, 1.807) is 6.92 Å². The van der Waals surface area contributed by atoms with Crippen LogP contribution in [-0.4, -0.2) is 31.6 Å². The third-order valence-corrected chi connectivity index (χ3v) is 3.62. The Labute approximate surface area is 127 Å². The van der Waals surface area contributed by atoms with E-state index in [9.17, 15) is 4.79 Å². The Morgan fingerprint density at radius 1 is 1.55 bits per heavy atom. The second-order valence-electron chi connectivity index (χ2n) is 4.75. The van der Waals surface area contributed by atoms with Gasteiger partial charge in [0.2, 0.25) is 0 Å². The summed E-state index contributed by atoms with van der Waals surface area (Å²) < 4.78 is 6.56. The third kappa shape index (κ3) is 4.65. The molecular weight excluding hydrogens is 320 g/mol. The topological polar surface area (TPSA) is 50.4 Å². The van der Waals surface area contributed by atoms with E-state index in [-0.39, 0.29) is 5.91 Å². The van der Waals surface area contributed by atoms with E-state index in [2.05, 4.69) is 32.6 Å². The van der Waals surface area contributed by atoms with Crippen molar-refractivity contribution in [2.45, 2.75) is 19.4 Å². The van der Waals surface area contributed by atoms with Crippen LogP contribution in [0.4, 0.5) is 0 Å². The number of amides is 1. The zero-order valence-electron chi connectivity index (χ0n) is 11.5. The van der Waals surface area contributed by atoms with E-state index in [4.69, 9.17) is 4.74 Å². The Hall–Kier alpha value is -1.33. The van der Waals surface area contributed by atoms with E-state index in [0.717, 1.165) is 24.0 Å². The molecule has 2 N–H and O–H groups in total. The average Bonchev–Trinajstić information content (AvgIpc) is 2.46. The lowest BCUT2D eigenvalue weighted by Crippen LogP contribution is -2.38. The number of halogens is 1. The second-order valence-corrected chi connectivity index (χ2v) is 5.67. The molecule has 0 saturated carbocycles. The molecule has 0 aromatic heterocycles. The lowest BCUT2D eigenvalue weighted by Gasteiger charge is -2.17. The van der Waals surface area contributed by atoms with Crippen molar-refractivity contribution in [3.8, 4) is 5.75 Å². The van der Waals surface area contributed by atoms with Crippen molar-refractivity contribution in [1.82, 2.24) is 10.6 Å². The Morgan fingerprint density at radius 2 is 2.40 bits per heavy atom. The van der Waals surface area contributed by atoms with E-state index in [1.807, 2.05) is 24.3 Å². The monoisotopic (exact) mass is 338 g/mol. The summed E-state index contributed by atoms with van der Waals surface area (Å²) in [5.41, 5.74) is 1.27. The summed E-state index contributed by atoms with van der Waals surface area (Å²) in [6, 6.07) is 7.48. The van der Waals surface area contributed by atoms with Crippen LogP contribution in [0.5, 0.6) is 5.75 Å². The first-order valence-electron chi connectivity index (χ1n) is 6.74. The number of carbonyl (C=O) groups excluding carboxylic acids is 1. The molecule has 1 heterocycles. The Bertz CT molecular complexity index is 502. The highest BCUT2D eigenvalue weighted by Crippen LogP contribution is 2.18. The summed E-state index contributed by atoms with van der Waals surface area (Å²) in [4.78, 5) is 12.0. The first-order chi connectivity index (χ1) is 9.65. The van der Waals surface area contributed by atoms with Crippen LogP contribution >= 0.6 is 15.9 Å². The molecule has 0 aliphatic carbocycles. The first kappa shape index (κ1) is 15.1. The maximum Gasteiger partial charge on any atom is 0.261 e. The van der Waals surface area contributed by atoms with Crippen LogP contribution in [0.15, 0.2) is 40.4 Å². The molecule has 4 nitrogen and oxygen atoms in total. The smallest absolute Gasteiger partial charge is 0.261 e. The van der Waals surface area contributed by atoms with Gasteiger partial charge in [0.05, 0.1) is 0 Å². The lowest BCUT2D eigenvalue weighted by molar-refractivity contribution is -0.127. The summed E-state index contributed by atoms with van der Waals surface area (Å²) in [6.45, 7) is 4.22. The fraction of sp³-hybridized carbons (Fsp3) is 0.400. The number of hydrogen-bond acceptors (Lipinski definition) is 3. The third-order valence-electron chi connectivity index (χ3n) is 3.13. The van der Waals surface area contributed by atoms with Gasteiger partial charge in [0.15, 0.2) is 6.10 Å². The van der Waals surface area contributed by atoms with Gasteiger partial charge < -0.3 is 15.4 Å². The molecule has 0 radical (unpaired) electrons. The minimum Gasteiger partial charge on any atom is -0.481 e. The number of hydrogen-bond donors (Lipinski definition) is 2. The van der Waals surface area contributed by atoms with Crippen LogP contribution in [0, 0.1) is 0 Å². The van der Waals surface area contributed by atoms with Gasteiger partial charge >= 0.3 is 0 Å². The molecular formula is C15H19BrN2O2. The number of benzene rings is 1. The van der Waals surface area contributed by atoms with Gasteiger partial charge in [-0.3, -0.25) is 4.79 Å². The summed E-state index contributed by atoms with van der Waals surface area (Å²) >= 11 is 3.38. The van der Waals surface area contributed by atoms with Gasteiger partial charge in [0, 0.05) is 17.6 Å². The zero-order valence-corrected chi connectivity index (χ0v) is 13.1. The fourth-order valence-electron chi connectivity index (χ4n) is 1.97. The van der Waals surface area contributed by atoms with Crippen molar-refractivity contribution in [1.29, 1.82) is 0 Å². The molecule has 1 aliphatic rings. The first-order valence-corrected chi connectivity index (χ1v) is 7.53. The van der Waals surface area contributed by atoms with Crippen molar-refractivity contribution in [3.05, 3.63) is 40.4 Å². The second kappa shape index (κ2) is 7.45. The van der Waals surface area contributed by atoms with Crippen LogP contribution in [0.2, 0.25) is 0 Å². The molecule has 1 aliphatic heterocycles. The normalized spacial score (nSPS) is 16.2. The van der Waals surface area contributed by atoms with E-state index in [1.165, 1.54) is 5.57 Å². The van der Waals surface area contributed by atoms with Gasteiger partial charge in [0.1, 0.15) is 5.75 Å². The van der Waals surface area contributed by atoms with Crippen molar-refractivity contribution >= 4 is 21.8 Å². The molecule has 0 bridgehead atoms. The Balaban J connectivity index is 1.81. The Morgan fingerprint density at radius 3 is 3.10 bits per heavy atom. The SMILES string of the molecule is CC(Oc1cccc(Br)c1)C(=O)NCC1=CCNCC1. The zero-order chi connectivity index (χ0) is 14.4. The molecule has 108 valence electrons. The molecule has 1 amide bonds. The van der Waals surface area contributed by atoms with Crippen molar-refractivity contribution < 1.29 is 9.53 Å². The predicted octanol–water partition coefficient (Wildman–Crippen LogP) is 2.25. The number of rotatable bonds is 5. The van der Waals surface area contributed by atoms with Crippen LogP contribution < -0.4 is 15.4 Å². The fourth-order valence-corrected chi connectivity index (χ4v) is 2.35. The largest absolute Gasteiger partial charge is 0.481 e. The maximum absolute atomic E-state index is 12.0. The van der Waals surface area contributed by atoms with Gasteiger partial charge in [-0.1, -0.05) is 33.6 Å². The minimum absolute atomic E-state index is 0.0931. The summed E-state index contributed by atoms with van der Waals surface area (Å²) in [5, 5.41) is 6.16. The molecule has 0 spiro atoms. The molecule has 20 heavy (non-hydrogen) atoms. The molecule has 1 aromatic carbocycles.